The molecule has 174 valence electrons. The fourth-order valence-corrected chi connectivity index (χ4v) is 3.54. The lowest BCUT2D eigenvalue weighted by atomic mass is 10.1. The Bertz CT molecular complexity index is 845. The molecule has 0 atom stereocenters. The molecule has 8 heteroatoms. The molecule has 2 heterocycles. The van der Waals surface area contributed by atoms with Crippen LogP contribution in [-0.4, -0.2) is 74.2 Å². The zero-order valence-corrected chi connectivity index (χ0v) is 19.1. The number of piperazine rings is 1. The molecule has 1 aliphatic rings. The number of aliphatic imine (C=N–C) groups is 1. The van der Waals surface area contributed by atoms with E-state index < -0.39 is 0 Å². The predicted octanol–water partition coefficient (Wildman–Crippen LogP) is 2.76. The molecule has 0 spiro atoms. The monoisotopic (exact) mass is 442 g/mol. The predicted molar refractivity (Wildman–Crippen MR) is 124 cm³/mol. The molecule has 0 aliphatic carbocycles. The zero-order chi connectivity index (χ0) is 22.6. The Kier molecular flexibility index (Phi) is 9.59. The van der Waals surface area contributed by atoms with Crippen molar-refractivity contribution in [1.82, 2.24) is 15.1 Å². The van der Waals surface area contributed by atoms with E-state index in [1.165, 1.54) is 6.26 Å². The molecule has 8 nitrogen and oxygen atoms in total. The van der Waals surface area contributed by atoms with Gasteiger partial charge in [0.05, 0.1) is 32.6 Å². The van der Waals surface area contributed by atoms with Gasteiger partial charge >= 0.3 is 0 Å². The first-order chi connectivity index (χ1) is 15.7. The van der Waals surface area contributed by atoms with Crippen LogP contribution in [-0.2, 0) is 22.6 Å². The fraction of sp³-hybridized carbons (Fsp3) is 0.500. The van der Waals surface area contributed by atoms with Crippen molar-refractivity contribution in [2.75, 3.05) is 52.5 Å². The van der Waals surface area contributed by atoms with Crippen molar-refractivity contribution in [2.24, 2.45) is 4.99 Å². The second-order valence-electron chi connectivity index (χ2n) is 7.50. The maximum atomic E-state index is 12.5. The van der Waals surface area contributed by atoms with Crippen molar-refractivity contribution in [3.63, 3.8) is 0 Å². The summed E-state index contributed by atoms with van der Waals surface area (Å²) in [5.41, 5.74) is 2.27. The number of furan rings is 1. The molecule has 1 saturated heterocycles. The quantitative estimate of drug-likeness (QED) is 0.346. The van der Waals surface area contributed by atoms with E-state index in [9.17, 15) is 4.79 Å². The summed E-state index contributed by atoms with van der Waals surface area (Å²) in [5.74, 6) is 1.20. The third-order valence-electron chi connectivity index (χ3n) is 5.18. The van der Waals surface area contributed by atoms with Gasteiger partial charge in [0.1, 0.15) is 0 Å². The second kappa shape index (κ2) is 12.9. The Morgan fingerprint density at radius 1 is 1.03 bits per heavy atom. The topological polar surface area (TPSA) is 79.5 Å². The van der Waals surface area contributed by atoms with Crippen LogP contribution in [0.2, 0.25) is 0 Å². The van der Waals surface area contributed by atoms with Crippen LogP contribution in [0.4, 0.5) is 0 Å². The number of ether oxygens (including phenoxy) is 2. The van der Waals surface area contributed by atoms with Gasteiger partial charge in [-0.25, -0.2) is 4.99 Å². The number of rotatable bonds is 10. The van der Waals surface area contributed by atoms with Gasteiger partial charge in [-0.3, -0.25) is 4.79 Å². The number of benzene rings is 1. The summed E-state index contributed by atoms with van der Waals surface area (Å²) < 4.78 is 16.2. The van der Waals surface area contributed by atoms with Gasteiger partial charge in [-0.2, -0.15) is 0 Å². The van der Waals surface area contributed by atoms with Crippen LogP contribution in [0.15, 0.2) is 52.1 Å². The van der Waals surface area contributed by atoms with E-state index in [0.29, 0.717) is 51.8 Å². The molecule has 1 aromatic heterocycles. The molecule has 0 radical (unpaired) electrons. The van der Waals surface area contributed by atoms with E-state index in [1.807, 2.05) is 17.9 Å². The lowest BCUT2D eigenvalue weighted by molar-refractivity contribution is 0.0453. The van der Waals surface area contributed by atoms with Gasteiger partial charge in [0.25, 0.3) is 5.91 Å². The smallest absolute Gasteiger partial charge is 0.289 e. The first-order valence-corrected chi connectivity index (χ1v) is 11.3. The molecule has 1 N–H and O–H groups in total. The van der Waals surface area contributed by atoms with Gasteiger partial charge in [-0.15, -0.1) is 0 Å². The number of hydrogen-bond acceptors (Lipinski definition) is 5. The first-order valence-electron chi connectivity index (χ1n) is 11.3. The third-order valence-corrected chi connectivity index (χ3v) is 5.18. The SMILES string of the molecule is CCNC(=NCc1cccc(COCCOCC)c1)N1CCN(C(=O)c2ccco2)CC1. The summed E-state index contributed by atoms with van der Waals surface area (Å²) in [6.45, 7) is 10.6. The van der Waals surface area contributed by atoms with Crippen LogP contribution in [0.3, 0.4) is 0 Å². The summed E-state index contributed by atoms with van der Waals surface area (Å²) in [6.07, 6.45) is 1.53. The molecule has 1 amide bonds. The van der Waals surface area contributed by atoms with Crippen molar-refractivity contribution in [2.45, 2.75) is 27.0 Å². The Balaban J connectivity index is 1.53. The number of carbonyl (C=O) groups is 1. The summed E-state index contributed by atoms with van der Waals surface area (Å²) in [7, 11) is 0. The van der Waals surface area contributed by atoms with Gasteiger partial charge in [0.2, 0.25) is 0 Å². The van der Waals surface area contributed by atoms with Crippen molar-refractivity contribution >= 4 is 11.9 Å². The molecular formula is C24H34N4O4. The number of carbonyl (C=O) groups excluding carboxylic acids is 1. The summed E-state index contributed by atoms with van der Waals surface area (Å²) in [6, 6.07) is 11.8. The Labute approximate surface area is 190 Å². The Morgan fingerprint density at radius 3 is 2.50 bits per heavy atom. The highest BCUT2D eigenvalue weighted by Crippen LogP contribution is 2.11. The maximum absolute atomic E-state index is 12.5. The number of hydrogen-bond donors (Lipinski definition) is 1. The van der Waals surface area contributed by atoms with Gasteiger partial charge in [-0.05, 0) is 37.1 Å². The molecule has 1 aromatic carbocycles. The van der Waals surface area contributed by atoms with E-state index in [0.717, 1.165) is 36.7 Å². The molecule has 1 aliphatic heterocycles. The van der Waals surface area contributed by atoms with Gasteiger partial charge in [0.15, 0.2) is 11.7 Å². The highest BCUT2D eigenvalue weighted by Gasteiger charge is 2.25. The lowest BCUT2D eigenvalue weighted by Gasteiger charge is -2.36. The molecule has 0 bridgehead atoms. The minimum Gasteiger partial charge on any atom is -0.459 e. The minimum absolute atomic E-state index is 0.0584. The van der Waals surface area contributed by atoms with Crippen LogP contribution in [0.5, 0.6) is 0 Å². The Morgan fingerprint density at radius 2 is 1.78 bits per heavy atom. The number of nitrogens with zero attached hydrogens (tertiary/aromatic N) is 3. The summed E-state index contributed by atoms with van der Waals surface area (Å²) >= 11 is 0. The van der Waals surface area contributed by atoms with E-state index in [4.69, 9.17) is 18.9 Å². The molecule has 2 aromatic rings. The van der Waals surface area contributed by atoms with Crippen LogP contribution >= 0.6 is 0 Å². The molecule has 32 heavy (non-hydrogen) atoms. The Hall–Kier alpha value is -2.84. The number of nitrogens with one attached hydrogen (secondary N) is 1. The number of guanidine groups is 1. The molecule has 0 unspecified atom stereocenters. The van der Waals surface area contributed by atoms with E-state index in [-0.39, 0.29) is 5.91 Å². The van der Waals surface area contributed by atoms with Gasteiger partial charge < -0.3 is 29.0 Å². The van der Waals surface area contributed by atoms with Gasteiger partial charge in [-0.1, -0.05) is 24.3 Å². The molecule has 0 saturated carbocycles. The zero-order valence-electron chi connectivity index (χ0n) is 19.1. The normalized spacial score (nSPS) is 14.6. The average Bonchev–Trinajstić information content (AvgIpc) is 3.37. The van der Waals surface area contributed by atoms with E-state index in [1.54, 1.807) is 12.1 Å². The highest BCUT2D eigenvalue weighted by molar-refractivity contribution is 5.91. The van der Waals surface area contributed by atoms with Crippen molar-refractivity contribution in [3.8, 4) is 0 Å². The van der Waals surface area contributed by atoms with Crippen molar-refractivity contribution < 1.29 is 18.7 Å². The molecular weight excluding hydrogens is 408 g/mol. The third kappa shape index (κ3) is 7.10. The largest absolute Gasteiger partial charge is 0.459 e. The van der Waals surface area contributed by atoms with E-state index in [2.05, 4.69) is 35.3 Å². The minimum atomic E-state index is -0.0584. The maximum Gasteiger partial charge on any atom is 0.289 e. The van der Waals surface area contributed by atoms with Gasteiger partial charge in [0, 0.05) is 39.3 Å². The average molecular weight is 443 g/mol. The highest BCUT2D eigenvalue weighted by atomic mass is 16.5. The molecule has 1 fully saturated rings. The first kappa shape index (κ1) is 23.8. The standard InChI is InChI=1S/C24H34N4O4/c1-3-25-24(28-12-10-27(11-13-28)23(29)22-9-6-14-32-22)26-18-20-7-5-8-21(17-20)19-31-16-15-30-4-2/h5-9,14,17H,3-4,10-13,15-16,18-19H2,1-2H3,(H,25,26). The second-order valence-corrected chi connectivity index (χ2v) is 7.50. The summed E-state index contributed by atoms with van der Waals surface area (Å²) in [4.78, 5) is 21.4. The van der Waals surface area contributed by atoms with Crippen molar-refractivity contribution in [3.05, 3.63) is 59.5 Å². The van der Waals surface area contributed by atoms with Crippen LogP contribution < -0.4 is 5.32 Å². The number of amides is 1. The van der Waals surface area contributed by atoms with E-state index >= 15 is 0 Å². The van der Waals surface area contributed by atoms with Crippen LogP contribution in [0.1, 0.15) is 35.5 Å². The fourth-order valence-electron chi connectivity index (χ4n) is 3.54. The summed E-state index contributed by atoms with van der Waals surface area (Å²) in [5, 5.41) is 3.38. The van der Waals surface area contributed by atoms with Crippen LogP contribution in [0, 0.1) is 0 Å². The van der Waals surface area contributed by atoms with Crippen molar-refractivity contribution in [1.29, 1.82) is 0 Å². The molecule has 3 rings (SSSR count). The van der Waals surface area contributed by atoms with Crippen LogP contribution in [0.25, 0.3) is 0 Å². The lowest BCUT2D eigenvalue weighted by Crippen LogP contribution is -2.53.